The van der Waals surface area contributed by atoms with E-state index in [1.807, 2.05) is 42.2 Å². The van der Waals surface area contributed by atoms with Gasteiger partial charge in [-0.1, -0.05) is 30.3 Å². The van der Waals surface area contributed by atoms with Gasteiger partial charge < -0.3 is 15.0 Å². The van der Waals surface area contributed by atoms with E-state index in [1.165, 1.54) is 0 Å². The van der Waals surface area contributed by atoms with Crippen LogP contribution in [-0.2, 0) is 4.79 Å². The van der Waals surface area contributed by atoms with Gasteiger partial charge in [0.25, 0.3) is 11.8 Å². The molecule has 0 radical (unpaired) electrons. The summed E-state index contributed by atoms with van der Waals surface area (Å²) in [5.74, 6) is 0.329. The lowest BCUT2D eigenvalue weighted by Gasteiger charge is -2.21. The predicted molar refractivity (Wildman–Crippen MR) is 101 cm³/mol. The van der Waals surface area contributed by atoms with Gasteiger partial charge in [0.1, 0.15) is 5.75 Å². The van der Waals surface area contributed by atoms with Crippen molar-refractivity contribution in [3.8, 4) is 5.75 Å². The van der Waals surface area contributed by atoms with E-state index in [0.29, 0.717) is 17.0 Å². The second kappa shape index (κ2) is 8.04. The maximum Gasteiger partial charge on any atom is 0.265 e. The zero-order valence-electron chi connectivity index (χ0n) is 15.2. The summed E-state index contributed by atoms with van der Waals surface area (Å²) < 4.78 is 5.67. The van der Waals surface area contributed by atoms with Gasteiger partial charge >= 0.3 is 0 Å². The van der Waals surface area contributed by atoms with E-state index in [4.69, 9.17) is 4.74 Å². The monoisotopic (exact) mass is 352 g/mol. The molecule has 2 aromatic carbocycles. The molecule has 26 heavy (non-hydrogen) atoms. The molecule has 1 aliphatic heterocycles. The molecule has 0 aromatic heterocycles. The molecule has 1 saturated heterocycles. The van der Waals surface area contributed by atoms with Crippen LogP contribution in [0.4, 0.5) is 5.69 Å². The second-order valence-electron chi connectivity index (χ2n) is 6.56. The summed E-state index contributed by atoms with van der Waals surface area (Å²) in [7, 11) is 0. The highest BCUT2D eigenvalue weighted by Crippen LogP contribution is 2.24. The van der Waals surface area contributed by atoms with Crippen molar-refractivity contribution in [3.63, 3.8) is 0 Å². The molecule has 3 rings (SSSR count). The van der Waals surface area contributed by atoms with Crippen molar-refractivity contribution in [2.24, 2.45) is 0 Å². The molecule has 1 N–H and O–H groups in total. The molecule has 5 heteroatoms. The van der Waals surface area contributed by atoms with Gasteiger partial charge in [0, 0.05) is 13.1 Å². The average molecular weight is 352 g/mol. The lowest BCUT2D eigenvalue weighted by molar-refractivity contribution is -0.122. The SMILES string of the molecule is Cc1cccc(NC(=O)C(C)Oc2ccccc2)c1C(=O)N1CCCC1. The number of hydrogen-bond acceptors (Lipinski definition) is 3. The number of likely N-dealkylation sites (tertiary alicyclic amines) is 1. The van der Waals surface area contributed by atoms with Crippen LogP contribution in [-0.4, -0.2) is 35.9 Å². The van der Waals surface area contributed by atoms with Crippen molar-refractivity contribution in [3.05, 3.63) is 59.7 Å². The van der Waals surface area contributed by atoms with Gasteiger partial charge in [-0.25, -0.2) is 0 Å². The lowest BCUT2D eigenvalue weighted by atomic mass is 10.0. The molecule has 0 spiro atoms. The molecular formula is C21H24N2O3. The number of aryl methyl sites for hydroxylation is 1. The van der Waals surface area contributed by atoms with Crippen LogP contribution in [0.2, 0.25) is 0 Å². The van der Waals surface area contributed by atoms with Crippen LogP contribution < -0.4 is 10.1 Å². The maximum absolute atomic E-state index is 12.9. The Morgan fingerprint density at radius 3 is 2.42 bits per heavy atom. The highest BCUT2D eigenvalue weighted by Gasteiger charge is 2.25. The summed E-state index contributed by atoms with van der Waals surface area (Å²) >= 11 is 0. The molecule has 0 aliphatic carbocycles. The maximum atomic E-state index is 12.9. The minimum absolute atomic E-state index is 0.0208. The predicted octanol–water partition coefficient (Wildman–Crippen LogP) is 3.64. The quantitative estimate of drug-likeness (QED) is 0.894. The van der Waals surface area contributed by atoms with Crippen molar-refractivity contribution in [2.45, 2.75) is 32.8 Å². The Balaban J connectivity index is 1.75. The van der Waals surface area contributed by atoms with E-state index >= 15 is 0 Å². The van der Waals surface area contributed by atoms with E-state index in [0.717, 1.165) is 31.5 Å². The Morgan fingerprint density at radius 1 is 1.04 bits per heavy atom. The summed E-state index contributed by atoms with van der Waals surface area (Å²) in [5, 5.41) is 2.86. The summed E-state index contributed by atoms with van der Waals surface area (Å²) in [6.45, 7) is 5.13. The van der Waals surface area contributed by atoms with Crippen molar-refractivity contribution < 1.29 is 14.3 Å². The first kappa shape index (κ1) is 18.0. The van der Waals surface area contributed by atoms with Crippen molar-refractivity contribution >= 4 is 17.5 Å². The lowest BCUT2D eigenvalue weighted by Crippen LogP contribution is -2.33. The van der Waals surface area contributed by atoms with E-state index in [2.05, 4.69) is 5.32 Å². The summed E-state index contributed by atoms with van der Waals surface area (Å²) in [4.78, 5) is 27.3. The topological polar surface area (TPSA) is 58.6 Å². The Kier molecular flexibility index (Phi) is 5.56. The number of para-hydroxylation sites is 1. The van der Waals surface area contributed by atoms with Crippen LogP contribution in [0, 0.1) is 6.92 Å². The number of nitrogens with zero attached hydrogens (tertiary/aromatic N) is 1. The van der Waals surface area contributed by atoms with Gasteiger partial charge in [0.2, 0.25) is 0 Å². The number of amides is 2. The number of rotatable bonds is 5. The number of carbonyl (C=O) groups is 2. The fourth-order valence-electron chi connectivity index (χ4n) is 3.13. The number of nitrogens with one attached hydrogen (secondary N) is 1. The Hall–Kier alpha value is -2.82. The normalized spacial score (nSPS) is 14.8. The van der Waals surface area contributed by atoms with Crippen LogP contribution >= 0.6 is 0 Å². The molecule has 1 atom stereocenters. The van der Waals surface area contributed by atoms with E-state index in [-0.39, 0.29) is 11.8 Å². The first-order valence-electron chi connectivity index (χ1n) is 8.97. The van der Waals surface area contributed by atoms with E-state index < -0.39 is 6.10 Å². The molecule has 1 fully saturated rings. The van der Waals surface area contributed by atoms with Crippen LogP contribution in [0.3, 0.4) is 0 Å². The summed E-state index contributed by atoms with van der Waals surface area (Å²) in [5.41, 5.74) is 1.96. The van der Waals surface area contributed by atoms with Gasteiger partial charge in [0.05, 0.1) is 11.3 Å². The second-order valence-corrected chi connectivity index (χ2v) is 6.56. The first-order valence-corrected chi connectivity index (χ1v) is 8.97. The van der Waals surface area contributed by atoms with Crippen molar-refractivity contribution in [2.75, 3.05) is 18.4 Å². The molecule has 1 aliphatic rings. The molecular weight excluding hydrogens is 328 g/mol. The van der Waals surface area contributed by atoms with E-state index in [9.17, 15) is 9.59 Å². The van der Waals surface area contributed by atoms with Crippen LogP contribution in [0.1, 0.15) is 35.7 Å². The minimum Gasteiger partial charge on any atom is -0.481 e. The number of hydrogen-bond donors (Lipinski definition) is 1. The Morgan fingerprint density at radius 2 is 1.73 bits per heavy atom. The fraction of sp³-hybridized carbons (Fsp3) is 0.333. The highest BCUT2D eigenvalue weighted by molar-refractivity contribution is 6.05. The Labute approximate surface area is 154 Å². The first-order chi connectivity index (χ1) is 12.6. The largest absolute Gasteiger partial charge is 0.481 e. The number of anilines is 1. The third kappa shape index (κ3) is 4.04. The molecule has 2 aromatic rings. The number of ether oxygens (including phenoxy) is 1. The van der Waals surface area contributed by atoms with Gasteiger partial charge in [-0.05, 0) is 50.5 Å². The average Bonchev–Trinajstić information content (AvgIpc) is 3.17. The number of benzene rings is 2. The molecule has 2 amide bonds. The third-order valence-corrected chi connectivity index (χ3v) is 4.56. The highest BCUT2D eigenvalue weighted by atomic mass is 16.5. The zero-order chi connectivity index (χ0) is 18.5. The standard InChI is InChI=1S/C21H24N2O3/c1-15-9-8-12-18(19(15)21(25)23-13-6-7-14-23)22-20(24)16(2)26-17-10-4-3-5-11-17/h3-5,8-12,16H,6-7,13-14H2,1-2H3,(H,22,24). The minimum atomic E-state index is -0.673. The summed E-state index contributed by atoms with van der Waals surface area (Å²) in [6, 6.07) is 14.7. The molecule has 1 heterocycles. The van der Waals surface area contributed by atoms with Crippen LogP contribution in [0.15, 0.2) is 48.5 Å². The fourth-order valence-corrected chi connectivity index (χ4v) is 3.13. The molecule has 0 saturated carbocycles. The van der Waals surface area contributed by atoms with Gasteiger partial charge in [0.15, 0.2) is 6.10 Å². The van der Waals surface area contributed by atoms with E-state index in [1.54, 1.807) is 25.1 Å². The van der Waals surface area contributed by atoms with Crippen LogP contribution in [0.25, 0.3) is 0 Å². The van der Waals surface area contributed by atoms with Crippen molar-refractivity contribution in [1.82, 2.24) is 4.90 Å². The molecule has 0 bridgehead atoms. The van der Waals surface area contributed by atoms with Crippen molar-refractivity contribution in [1.29, 1.82) is 0 Å². The van der Waals surface area contributed by atoms with Gasteiger partial charge in [-0.15, -0.1) is 0 Å². The summed E-state index contributed by atoms with van der Waals surface area (Å²) in [6.07, 6.45) is 1.38. The Bertz CT molecular complexity index is 783. The number of carbonyl (C=O) groups excluding carboxylic acids is 2. The molecule has 5 nitrogen and oxygen atoms in total. The zero-order valence-corrected chi connectivity index (χ0v) is 15.2. The smallest absolute Gasteiger partial charge is 0.265 e. The third-order valence-electron chi connectivity index (χ3n) is 4.56. The van der Waals surface area contributed by atoms with Gasteiger partial charge in [-0.3, -0.25) is 9.59 Å². The van der Waals surface area contributed by atoms with Gasteiger partial charge in [-0.2, -0.15) is 0 Å². The molecule has 136 valence electrons. The molecule has 1 unspecified atom stereocenters. The van der Waals surface area contributed by atoms with Crippen LogP contribution in [0.5, 0.6) is 5.75 Å².